The number of aliphatic hydroxyl groups excluding tert-OH is 1. The van der Waals surface area contributed by atoms with Gasteiger partial charge in [-0.1, -0.05) is 0 Å². The van der Waals surface area contributed by atoms with Gasteiger partial charge in [0.25, 0.3) is 0 Å². The van der Waals surface area contributed by atoms with Crippen LogP contribution in [0.1, 0.15) is 11.7 Å². The van der Waals surface area contributed by atoms with E-state index < -0.39 is 12.1 Å². The van der Waals surface area contributed by atoms with Crippen LogP contribution in [-0.4, -0.2) is 53.2 Å². The molecule has 0 unspecified atom stereocenters. The van der Waals surface area contributed by atoms with Crippen LogP contribution in [0, 0.1) is 0 Å². The van der Waals surface area contributed by atoms with E-state index in [0.29, 0.717) is 31.9 Å². The van der Waals surface area contributed by atoms with Crippen LogP contribution in [0.15, 0.2) is 24.5 Å². The van der Waals surface area contributed by atoms with Crippen molar-refractivity contribution in [1.82, 2.24) is 9.88 Å². The highest BCUT2D eigenvalue weighted by atomic mass is 16.5. The van der Waals surface area contributed by atoms with Gasteiger partial charge in [-0.05, 0) is 17.7 Å². The Morgan fingerprint density at radius 1 is 1.39 bits per heavy atom. The van der Waals surface area contributed by atoms with Gasteiger partial charge in [0, 0.05) is 25.5 Å². The average molecular weight is 251 g/mol. The average Bonchev–Trinajstić information content (AvgIpc) is 2.47. The molecule has 6 nitrogen and oxygen atoms in total. The summed E-state index contributed by atoms with van der Waals surface area (Å²) in [4.78, 5) is 17.6. The molecule has 2 atom stereocenters. The van der Waals surface area contributed by atoms with Crippen molar-refractivity contribution in [3.63, 3.8) is 0 Å². The van der Waals surface area contributed by atoms with Gasteiger partial charge in [-0.2, -0.15) is 0 Å². The zero-order valence-corrected chi connectivity index (χ0v) is 10.0. The Hall–Kier alpha value is -1.50. The Labute approximate surface area is 105 Å². The second kappa shape index (κ2) is 5.90. The van der Waals surface area contributed by atoms with E-state index in [1.54, 1.807) is 29.4 Å². The van der Waals surface area contributed by atoms with Crippen molar-refractivity contribution in [1.29, 1.82) is 0 Å². The Morgan fingerprint density at radius 2 is 2.00 bits per heavy atom. The predicted octanol–water partition coefficient (Wildman–Crippen LogP) is -0.699. The van der Waals surface area contributed by atoms with Gasteiger partial charge in [-0.15, -0.1) is 0 Å². The lowest BCUT2D eigenvalue weighted by molar-refractivity contribution is -0.139. The topological polar surface area (TPSA) is 88.7 Å². The normalized spacial score (nSPS) is 19.3. The van der Waals surface area contributed by atoms with Crippen molar-refractivity contribution < 1.29 is 14.6 Å². The number of aliphatic hydroxyl groups is 1. The van der Waals surface area contributed by atoms with E-state index in [4.69, 9.17) is 10.5 Å². The van der Waals surface area contributed by atoms with Crippen LogP contribution in [-0.2, 0) is 9.53 Å². The molecule has 6 heteroatoms. The van der Waals surface area contributed by atoms with E-state index in [0.717, 1.165) is 0 Å². The molecular formula is C12H17N3O3. The molecular weight excluding hydrogens is 234 g/mol. The van der Waals surface area contributed by atoms with Crippen molar-refractivity contribution in [3.8, 4) is 0 Å². The quantitative estimate of drug-likeness (QED) is 0.741. The smallest absolute Gasteiger partial charge is 0.242 e. The van der Waals surface area contributed by atoms with Crippen molar-refractivity contribution in [2.24, 2.45) is 5.73 Å². The number of nitrogens with zero attached hydrogens (tertiary/aromatic N) is 2. The number of morpholine rings is 1. The first-order chi connectivity index (χ1) is 8.70. The zero-order valence-electron chi connectivity index (χ0n) is 10.0. The molecule has 1 aromatic heterocycles. The molecule has 0 radical (unpaired) electrons. The number of pyridine rings is 1. The molecule has 1 amide bonds. The Balaban J connectivity index is 2.01. The van der Waals surface area contributed by atoms with Gasteiger partial charge in [0.2, 0.25) is 5.91 Å². The summed E-state index contributed by atoms with van der Waals surface area (Å²) in [6, 6.07) is 2.35. The molecule has 1 aliphatic heterocycles. The van der Waals surface area contributed by atoms with Crippen molar-refractivity contribution in [3.05, 3.63) is 30.1 Å². The maximum Gasteiger partial charge on any atom is 0.242 e. The Morgan fingerprint density at radius 3 is 2.61 bits per heavy atom. The first-order valence-corrected chi connectivity index (χ1v) is 5.90. The van der Waals surface area contributed by atoms with E-state index in [1.807, 2.05) is 0 Å². The number of hydrogen-bond donors (Lipinski definition) is 2. The first kappa shape index (κ1) is 12.9. The second-order valence-corrected chi connectivity index (χ2v) is 4.19. The van der Waals surface area contributed by atoms with E-state index in [-0.39, 0.29) is 5.91 Å². The third kappa shape index (κ3) is 2.84. The van der Waals surface area contributed by atoms with Gasteiger partial charge < -0.3 is 20.5 Å². The van der Waals surface area contributed by atoms with E-state index in [2.05, 4.69) is 4.98 Å². The third-order valence-corrected chi connectivity index (χ3v) is 3.00. The predicted molar refractivity (Wildman–Crippen MR) is 64.6 cm³/mol. The highest BCUT2D eigenvalue weighted by Gasteiger charge is 2.29. The summed E-state index contributed by atoms with van der Waals surface area (Å²) in [6.07, 6.45) is 2.11. The number of hydrogen-bond acceptors (Lipinski definition) is 5. The Kier molecular flexibility index (Phi) is 4.24. The van der Waals surface area contributed by atoms with Gasteiger partial charge >= 0.3 is 0 Å². The summed E-state index contributed by atoms with van der Waals surface area (Å²) in [5.74, 6) is -0.248. The lowest BCUT2D eigenvalue weighted by Crippen LogP contribution is -2.50. The summed E-state index contributed by atoms with van der Waals surface area (Å²) in [7, 11) is 0. The number of rotatable bonds is 3. The minimum absolute atomic E-state index is 0.248. The van der Waals surface area contributed by atoms with Crippen LogP contribution < -0.4 is 5.73 Å². The number of ether oxygens (including phenoxy) is 1. The summed E-state index contributed by atoms with van der Waals surface area (Å²) in [5.41, 5.74) is 6.42. The van der Waals surface area contributed by atoms with Crippen molar-refractivity contribution >= 4 is 5.91 Å². The molecule has 1 fully saturated rings. The number of aromatic nitrogens is 1. The van der Waals surface area contributed by atoms with E-state index in [1.165, 1.54) is 0 Å². The molecule has 1 aliphatic rings. The molecule has 98 valence electrons. The molecule has 3 N–H and O–H groups in total. The highest BCUT2D eigenvalue weighted by Crippen LogP contribution is 2.16. The van der Waals surface area contributed by atoms with E-state index >= 15 is 0 Å². The monoisotopic (exact) mass is 251 g/mol. The van der Waals surface area contributed by atoms with Gasteiger partial charge in [0.05, 0.1) is 13.2 Å². The maximum atomic E-state index is 12.1. The van der Waals surface area contributed by atoms with Gasteiger partial charge in [0.15, 0.2) is 0 Å². The largest absolute Gasteiger partial charge is 0.386 e. The minimum Gasteiger partial charge on any atom is -0.386 e. The molecule has 0 saturated carbocycles. The van der Waals surface area contributed by atoms with Crippen LogP contribution in [0.3, 0.4) is 0 Å². The number of nitrogens with two attached hydrogens (primary N) is 1. The van der Waals surface area contributed by atoms with Crippen molar-refractivity contribution in [2.75, 3.05) is 26.3 Å². The third-order valence-electron chi connectivity index (χ3n) is 3.00. The van der Waals surface area contributed by atoms with Crippen LogP contribution in [0.5, 0.6) is 0 Å². The van der Waals surface area contributed by atoms with Crippen LogP contribution >= 0.6 is 0 Å². The van der Waals surface area contributed by atoms with Gasteiger partial charge in [-0.3, -0.25) is 9.78 Å². The molecule has 1 aromatic rings. The lowest BCUT2D eigenvalue weighted by Gasteiger charge is -2.30. The maximum absolute atomic E-state index is 12.1. The summed E-state index contributed by atoms with van der Waals surface area (Å²) in [5, 5.41) is 10.1. The molecule has 2 heterocycles. The molecule has 0 aliphatic carbocycles. The summed E-state index contributed by atoms with van der Waals surface area (Å²) < 4.78 is 5.17. The van der Waals surface area contributed by atoms with E-state index in [9.17, 15) is 9.90 Å². The molecule has 18 heavy (non-hydrogen) atoms. The van der Waals surface area contributed by atoms with Crippen LogP contribution in [0.25, 0.3) is 0 Å². The van der Waals surface area contributed by atoms with Crippen molar-refractivity contribution in [2.45, 2.75) is 12.1 Å². The van der Waals surface area contributed by atoms with Crippen LogP contribution in [0.4, 0.5) is 0 Å². The fourth-order valence-electron chi connectivity index (χ4n) is 1.90. The molecule has 1 saturated heterocycles. The van der Waals surface area contributed by atoms with Gasteiger partial charge in [-0.25, -0.2) is 0 Å². The summed E-state index contributed by atoms with van der Waals surface area (Å²) >= 11 is 0. The van der Waals surface area contributed by atoms with Gasteiger partial charge in [0.1, 0.15) is 12.1 Å². The number of amides is 1. The Bertz CT molecular complexity index is 393. The molecule has 0 aromatic carbocycles. The minimum atomic E-state index is -1.01. The summed E-state index contributed by atoms with van der Waals surface area (Å²) in [6.45, 7) is 2.08. The lowest BCUT2D eigenvalue weighted by atomic mass is 10.0. The standard InChI is InChI=1S/C12H17N3O3/c13-10(11(16)9-1-3-14-4-2-9)12(17)15-5-7-18-8-6-15/h1-4,10-11,16H,5-8,13H2/t10-,11+/m1/s1. The fourth-order valence-corrected chi connectivity index (χ4v) is 1.90. The SMILES string of the molecule is N[C@@H](C(=O)N1CCOCC1)[C@@H](O)c1ccncc1. The van der Waals surface area contributed by atoms with Crippen LogP contribution in [0.2, 0.25) is 0 Å². The first-order valence-electron chi connectivity index (χ1n) is 5.90. The molecule has 0 spiro atoms. The second-order valence-electron chi connectivity index (χ2n) is 4.19. The zero-order chi connectivity index (χ0) is 13.0. The number of carbonyl (C=O) groups excluding carboxylic acids is 1. The molecule has 2 rings (SSSR count). The fraction of sp³-hybridized carbons (Fsp3) is 0.500. The number of carbonyl (C=O) groups is 1. The molecule has 0 bridgehead atoms. The highest BCUT2D eigenvalue weighted by molar-refractivity contribution is 5.82.